The number of hydrogen-bond donors (Lipinski definition) is 1. The lowest BCUT2D eigenvalue weighted by molar-refractivity contribution is 0.102. The Hall–Kier alpha value is -1.49. The maximum Gasteiger partial charge on any atom is 0.257 e. The standard InChI is InChI=1S/C16H20N4O3S3/c1-24-16-19-18-15(25-16)17-14(21)13-7-5-12(6-8-13)11-26(22,23)20-9-3-2-4-10-20/h5-8H,2-4,9-11H2,1H3,(H,17,18,21). The minimum absolute atomic E-state index is 0.0393. The predicted octanol–water partition coefficient (Wildman–Crippen LogP) is 2.83. The van der Waals surface area contributed by atoms with E-state index in [-0.39, 0.29) is 11.7 Å². The molecule has 26 heavy (non-hydrogen) atoms. The maximum absolute atomic E-state index is 12.5. The zero-order valence-electron chi connectivity index (χ0n) is 14.3. The van der Waals surface area contributed by atoms with Gasteiger partial charge in [0.05, 0.1) is 5.75 Å². The Morgan fingerprint density at radius 2 is 1.88 bits per heavy atom. The van der Waals surface area contributed by atoms with E-state index in [0.29, 0.717) is 29.3 Å². The fourth-order valence-electron chi connectivity index (χ4n) is 2.71. The van der Waals surface area contributed by atoms with E-state index in [1.807, 2.05) is 6.26 Å². The van der Waals surface area contributed by atoms with Crippen molar-refractivity contribution >= 4 is 44.2 Å². The minimum atomic E-state index is -3.30. The third-order valence-corrected chi connectivity index (χ3v) is 7.74. The Kier molecular flexibility index (Phi) is 6.28. The summed E-state index contributed by atoms with van der Waals surface area (Å²) in [6, 6.07) is 6.63. The van der Waals surface area contributed by atoms with Crippen LogP contribution >= 0.6 is 23.1 Å². The third kappa shape index (κ3) is 4.81. The Bertz CT molecular complexity index is 859. The number of amides is 1. The quantitative estimate of drug-likeness (QED) is 0.579. The van der Waals surface area contributed by atoms with Gasteiger partial charge in [-0.2, -0.15) is 0 Å². The van der Waals surface area contributed by atoms with Gasteiger partial charge < -0.3 is 0 Å². The largest absolute Gasteiger partial charge is 0.296 e. The number of sulfonamides is 1. The molecular formula is C16H20N4O3S3. The van der Waals surface area contributed by atoms with Gasteiger partial charge in [0, 0.05) is 18.7 Å². The van der Waals surface area contributed by atoms with Gasteiger partial charge in [0.1, 0.15) is 0 Å². The minimum Gasteiger partial charge on any atom is -0.296 e. The van der Waals surface area contributed by atoms with Crippen molar-refractivity contribution in [3.05, 3.63) is 35.4 Å². The first-order valence-corrected chi connectivity index (χ1v) is 11.9. The van der Waals surface area contributed by atoms with E-state index >= 15 is 0 Å². The molecule has 1 N–H and O–H groups in total. The first kappa shape index (κ1) is 19.3. The van der Waals surface area contributed by atoms with Gasteiger partial charge in [-0.25, -0.2) is 12.7 Å². The van der Waals surface area contributed by atoms with Crippen LogP contribution in [0.1, 0.15) is 35.2 Å². The second kappa shape index (κ2) is 8.47. The molecule has 140 valence electrons. The number of anilines is 1. The van der Waals surface area contributed by atoms with Crippen LogP contribution in [0.2, 0.25) is 0 Å². The molecule has 1 aromatic carbocycles. The number of piperidine rings is 1. The summed E-state index contributed by atoms with van der Waals surface area (Å²) in [6.07, 6.45) is 4.82. The van der Waals surface area contributed by atoms with E-state index in [1.54, 1.807) is 28.6 Å². The Balaban J connectivity index is 1.63. The van der Waals surface area contributed by atoms with Gasteiger partial charge in [0.2, 0.25) is 15.2 Å². The van der Waals surface area contributed by atoms with Crippen LogP contribution in [0.5, 0.6) is 0 Å². The number of benzene rings is 1. The monoisotopic (exact) mass is 412 g/mol. The third-order valence-electron chi connectivity index (χ3n) is 4.08. The van der Waals surface area contributed by atoms with Crippen LogP contribution in [0.4, 0.5) is 5.13 Å². The Morgan fingerprint density at radius 3 is 2.50 bits per heavy atom. The van der Waals surface area contributed by atoms with Crippen LogP contribution in [0.25, 0.3) is 0 Å². The summed E-state index contributed by atoms with van der Waals surface area (Å²) in [5, 5.41) is 11.0. The number of nitrogens with zero attached hydrogens (tertiary/aromatic N) is 3. The molecule has 1 amide bonds. The molecule has 0 radical (unpaired) electrons. The molecule has 0 spiro atoms. The second-order valence-corrected chi connectivity index (χ2v) is 9.94. The molecule has 0 bridgehead atoms. The van der Waals surface area contributed by atoms with Crippen LogP contribution in [0, 0.1) is 0 Å². The number of thioether (sulfide) groups is 1. The Labute approximate surface area is 161 Å². The van der Waals surface area contributed by atoms with Crippen molar-refractivity contribution in [2.24, 2.45) is 0 Å². The lowest BCUT2D eigenvalue weighted by atomic mass is 10.1. The summed E-state index contributed by atoms with van der Waals surface area (Å²) in [7, 11) is -3.30. The topological polar surface area (TPSA) is 92.3 Å². The van der Waals surface area contributed by atoms with Crippen LogP contribution in [0.3, 0.4) is 0 Å². The lowest BCUT2D eigenvalue weighted by Crippen LogP contribution is -2.36. The van der Waals surface area contributed by atoms with Crippen molar-refractivity contribution in [1.82, 2.24) is 14.5 Å². The zero-order valence-corrected chi connectivity index (χ0v) is 16.8. The van der Waals surface area contributed by atoms with Gasteiger partial charge in [0.25, 0.3) is 5.91 Å². The van der Waals surface area contributed by atoms with Crippen molar-refractivity contribution in [2.45, 2.75) is 29.4 Å². The fraction of sp³-hybridized carbons (Fsp3) is 0.438. The molecule has 1 aliphatic heterocycles. The molecule has 10 heteroatoms. The van der Waals surface area contributed by atoms with Crippen LogP contribution in [-0.2, 0) is 15.8 Å². The summed E-state index contributed by atoms with van der Waals surface area (Å²) >= 11 is 2.77. The number of carbonyl (C=O) groups excluding carboxylic acids is 1. The molecule has 3 rings (SSSR count). The molecule has 1 aliphatic rings. The lowest BCUT2D eigenvalue weighted by Gasteiger charge is -2.25. The predicted molar refractivity (Wildman–Crippen MR) is 104 cm³/mol. The molecular weight excluding hydrogens is 392 g/mol. The molecule has 0 atom stereocenters. The summed E-state index contributed by atoms with van der Waals surface area (Å²) < 4.78 is 27.3. The Morgan fingerprint density at radius 1 is 1.19 bits per heavy atom. The van der Waals surface area contributed by atoms with E-state index in [9.17, 15) is 13.2 Å². The second-order valence-electron chi connectivity index (χ2n) is 5.94. The molecule has 1 aromatic heterocycles. The molecule has 0 aliphatic carbocycles. The van der Waals surface area contributed by atoms with Gasteiger partial charge in [-0.15, -0.1) is 10.2 Å². The van der Waals surface area contributed by atoms with E-state index in [1.165, 1.54) is 23.1 Å². The average molecular weight is 413 g/mol. The number of rotatable bonds is 6. The molecule has 2 heterocycles. The van der Waals surface area contributed by atoms with Crippen molar-refractivity contribution in [1.29, 1.82) is 0 Å². The normalized spacial score (nSPS) is 15.7. The van der Waals surface area contributed by atoms with Crippen molar-refractivity contribution in [2.75, 3.05) is 24.7 Å². The first-order chi connectivity index (χ1) is 12.5. The van der Waals surface area contributed by atoms with E-state index in [0.717, 1.165) is 23.6 Å². The summed E-state index contributed by atoms with van der Waals surface area (Å²) in [6.45, 7) is 1.20. The molecule has 0 saturated carbocycles. The number of nitrogens with one attached hydrogen (secondary N) is 1. The van der Waals surface area contributed by atoms with E-state index < -0.39 is 10.0 Å². The van der Waals surface area contributed by atoms with Gasteiger partial charge in [0.15, 0.2) is 4.34 Å². The highest BCUT2D eigenvalue weighted by Crippen LogP contribution is 2.23. The van der Waals surface area contributed by atoms with Crippen LogP contribution in [0.15, 0.2) is 28.6 Å². The van der Waals surface area contributed by atoms with Gasteiger partial charge in [-0.1, -0.05) is 41.7 Å². The van der Waals surface area contributed by atoms with Crippen LogP contribution < -0.4 is 5.32 Å². The fourth-order valence-corrected chi connectivity index (χ4v) is 5.49. The zero-order chi connectivity index (χ0) is 18.6. The van der Waals surface area contributed by atoms with E-state index in [2.05, 4.69) is 15.5 Å². The molecule has 0 unspecified atom stereocenters. The molecule has 1 fully saturated rings. The number of carbonyl (C=O) groups is 1. The highest BCUT2D eigenvalue weighted by atomic mass is 32.2. The maximum atomic E-state index is 12.5. The molecule has 7 nitrogen and oxygen atoms in total. The van der Waals surface area contributed by atoms with Crippen molar-refractivity contribution in [3.8, 4) is 0 Å². The van der Waals surface area contributed by atoms with Gasteiger partial charge in [-0.3, -0.25) is 10.1 Å². The summed E-state index contributed by atoms with van der Waals surface area (Å²) in [4.78, 5) is 12.3. The highest BCUT2D eigenvalue weighted by Gasteiger charge is 2.24. The van der Waals surface area contributed by atoms with Crippen molar-refractivity contribution < 1.29 is 13.2 Å². The summed E-state index contributed by atoms with van der Waals surface area (Å²) in [5.41, 5.74) is 1.12. The smallest absolute Gasteiger partial charge is 0.257 e. The molecule has 1 saturated heterocycles. The van der Waals surface area contributed by atoms with E-state index in [4.69, 9.17) is 0 Å². The number of aromatic nitrogens is 2. The number of hydrogen-bond acceptors (Lipinski definition) is 7. The SMILES string of the molecule is CSc1nnc(NC(=O)c2ccc(CS(=O)(=O)N3CCCCC3)cc2)s1. The average Bonchev–Trinajstić information content (AvgIpc) is 3.10. The molecule has 2 aromatic rings. The highest BCUT2D eigenvalue weighted by molar-refractivity contribution is 8.00. The first-order valence-electron chi connectivity index (χ1n) is 8.23. The van der Waals surface area contributed by atoms with Crippen LogP contribution in [-0.4, -0.2) is 48.2 Å². The van der Waals surface area contributed by atoms with Crippen molar-refractivity contribution in [3.63, 3.8) is 0 Å². The van der Waals surface area contributed by atoms with Gasteiger partial charge >= 0.3 is 0 Å². The summed E-state index contributed by atoms with van der Waals surface area (Å²) in [5.74, 6) is -0.332. The van der Waals surface area contributed by atoms with Gasteiger partial charge in [-0.05, 0) is 36.8 Å².